The van der Waals surface area contributed by atoms with Gasteiger partial charge in [-0.25, -0.2) is 9.59 Å². The van der Waals surface area contributed by atoms with Gasteiger partial charge in [-0.15, -0.1) is 0 Å². The smallest absolute Gasteiger partial charge is 0.410 e. The summed E-state index contributed by atoms with van der Waals surface area (Å²) in [6, 6.07) is 9.32. The molecular weight excluding hydrogens is 320 g/mol. The van der Waals surface area contributed by atoms with E-state index >= 15 is 0 Å². The number of benzene rings is 1. The number of hydrogen-bond donors (Lipinski definition) is 0. The first kappa shape index (κ1) is 18.8. The highest BCUT2D eigenvalue weighted by molar-refractivity contribution is 5.89. The maximum atomic E-state index is 12.2. The van der Waals surface area contributed by atoms with Crippen LogP contribution in [0.5, 0.6) is 0 Å². The van der Waals surface area contributed by atoms with Crippen molar-refractivity contribution < 1.29 is 19.1 Å². The second-order valence-corrected chi connectivity index (χ2v) is 7.23. The van der Waals surface area contributed by atoms with Crippen molar-refractivity contribution in [2.45, 2.75) is 44.6 Å². The highest BCUT2D eigenvalue weighted by Crippen LogP contribution is 2.35. The molecule has 0 saturated carbocycles. The molecule has 6 nitrogen and oxygen atoms in total. The molecule has 0 aliphatic carbocycles. The number of carbonyl (C=O) groups is 2. The normalized spacial score (nSPS) is 16.7. The molecule has 1 amide bonds. The van der Waals surface area contributed by atoms with Gasteiger partial charge in [0.1, 0.15) is 5.60 Å². The monoisotopic (exact) mass is 344 g/mol. The number of amides is 1. The van der Waals surface area contributed by atoms with E-state index in [0.29, 0.717) is 31.5 Å². The zero-order valence-electron chi connectivity index (χ0n) is 15.2. The van der Waals surface area contributed by atoms with E-state index in [1.54, 1.807) is 29.2 Å². The van der Waals surface area contributed by atoms with E-state index in [9.17, 15) is 14.9 Å². The number of piperidine rings is 1. The van der Waals surface area contributed by atoms with Crippen LogP contribution in [-0.4, -0.2) is 42.8 Å². The third kappa shape index (κ3) is 4.30. The molecule has 1 saturated heterocycles. The molecule has 0 N–H and O–H groups in total. The summed E-state index contributed by atoms with van der Waals surface area (Å²) in [7, 11) is 1.33. The van der Waals surface area contributed by atoms with E-state index in [1.165, 1.54) is 7.11 Å². The van der Waals surface area contributed by atoms with Crippen molar-refractivity contribution in [3.05, 3.63) is 35.4 Å². The maximum Gasteiger partial charge on any atom is 0.410 e. The fourth-order valence-electron chi connectivity index (χ4n) is 2.91. The van der Waals surface area contributed by atoms with E-state index in [-0.39, 0.29) is 6.09 Å². The van der Waals surface area contributed by atoms with Crippen LogP contribution in [0.25, 0.3) is 0 Å². The molecule has 1 aliphatic heterocycles. The maximum absolute atomic E-state index is 12.2. The number of likely N-dealkylation sites (tertiary alicyclic amines) is 1. The van der Waals surface area contributed by atoms with E-state index < -0.39 is 17.0 Å². The van der Waals surface area contributed by atoms with E-state index in [4.69, 9.17) is 9.47 Å². The predicted molar refractivity (Wildman–Crippen MR) is 92.1 cm³/mol. The lowest BCUT2D eigenvalue weighted by molar-refractivity contribution is 0.0185. The molecule has 134 valence electrons. The number of rotatable bonds is 2. The van der Waals surface area contributed by atoms with E-state index in [0.717, 1.165) is 5.56 Å². The van der Waals surface area contributed by atoms with Gasteiger partial charge in [-0.2, -0.15) is 5.26 Å². The lowest BCUT2D eigenvalue weighted by Crippen LogP contribution is -2.46. The molecule has 0 bridgehead atoms. The lowest BCUT2D eigenvalue weighted by atomic mass is 9.74. The molecule has 1 heterocycles. The van der Waals surface area contributed by atoms with Crippen LogP contribution in [0, 0.1) is 11.3 Å². The largest absolute Gasteiger partial charge is 0.465 e. The predicted octanol–water partition coefficient (Wildman–Crippen LogP) is 3.27. The SMILES string of the molecule is COC(=O)c1ccc(C2(C#N)CCN(C(=O)OC(C)(C)C)CC2)cc1. The molecule has 0 radical (unpaired) electrons. The number of nitrogens with zero attached hydrogens (tertiary/aromatic N) is 2. The average Bonchev–Trinajstić information content (AvgIpc) is 2.59. The van der Waals surface area contributed by atoms with Gasteiger partial charge in [0.05, 0.1) is 24.2 Å². The molecule has 1 aliphatic rings. The van der Waals surface area contributed by atoms with Crippen LogP contribution in [0.3, 0.4) is 0 Å². The molecule has 0 atom stereocenters. The number of hydrogen-bond acceptors (Lipinski definition) is 5. The topological polar surface area (TPSA) is 79.6 Å². The van der Waals surface area contributed by atoms with Crippen LogP contribution >= 0.6 is 0 Å². The van der Waals surface area contributed by atoms with Crippen LogP contribution in [-0.2, 0) is 14.9 Å². The van der Waals surface area contributed by atoms with Crippen molar-refractivity contribution in [2.75, 3.05) is 20.2 Å². The molecule has 2 rings (SSSR count). The van der Waals surface area contributed by atoms with Crippen molar-refractivity contribution in [3.63, 3.8) is 0 Å². The average molecular weight is 344 g/mol. The summed E-state index contributed by atoms with van der Waals surface area (Å²) in [6.07, 6.45) is 0.709. The Bertz CT molecular complexity index is 675. The standard InChI is InChI=1S/C19H24N2O4/c1-18(2,3)25-17(23)21-11-9-19(13-20,10-12-21)15-7-5-14(6-8-15)16(22)24-4/h5-8H,9-12H2,1-4H3. The number of ether oxygens (including phenoxy) is 2. The van der Waals surface area contributed by atoms with Crippen LogP contribution in [0.1, 0.15) is 49.5 Å². The highest BCUT2D eigenvalue weighted by Gasteiger charge is 2.38. The van der Waals surface area contributed by atoms with Gasteiger partial charge < -0.3 is 14.4 Å². The van der Waals surface area contributed by atoms with Gasteiger partial charge in [-0.3, -0.25) is 0 Å². The van der Waals surface area contributed by atoms with E-state index in [1.807, 2.05) is 20.8 Å². The summed E-state index contributed by atoms with van der Waals surface area (Å²) >= 11 is 0. The van der Waals surface area contributed by atoms with Gasteiger partial charge in [-0.1, -0.05) is 12.1 Å². The summed E-state index contributed by atoms with van der Waals surface area (Å²) in [5, 5.41) is 9.75. The fraction of sp³-hybridized carbons (Fsp3) is 0.526. The Morgan fingerprint density at radius 2 is 1.72 bits per heavy atom. The Labute approximate surface area is 148 Å². The second-order valence-electron chi connectivity index (χ2n) is 7.23. The first-order chi connectivity index (χ1) is 11.7. The zero-order chi connectivity index (χ0) is 18.7. The number of methoxy groups -OCH3 is 1. The van der Waals surface area contributed by atoms with Gasteiger partial charge in [0.2, 0.25) is 0 Å². The van der Waals surface area contributed by atoms with Crippen molar-refractivity contribution in [1.29, 1.82) is 5.26 Å². The minimum absolute atomic E-state index is 0.347. The van der Waals surface area contributed by atoms with Gasteiger partial charge in [0.15, 0.2) is 0 Å². The van der Waals surface area contributed by atoms with Crippen molar-refractivity contribution in [3.8, 4) is 6.07 Å². The minimum Gasteiger partial charge on any atom is -0.465 e. The zero-order valence-corrected chi connectivity index (χ0v) is 15.2. The van der Waals surface area contributed by atoms with Gasteiger partial charge in [0.25, 0.3) is 0 Å². The molecule has 1 aromatic carbocycles. The molecule has 0 aromatic heterocycles. The second kappa shape index (κ2) is 7.14. The third-order valence-corrected chi connectivity index (χ3v) is 4.34. The first-order valence-corrected chi connectivity index (χ1v) is 8.29. The number of carbonyl (C=O) groups excluding carboxylic acids is 2. The summed E-state index contributed by atoms with van der Waals surface area (Å²) in [6.45, 7) is 6.41. The van der Waals surface area contributed by atoms with Gasteiger partial charge in [0, 0.05) is 13.1 Å². The van der Waals surface area contributed by atoms with Gasteiger partial charge >= 0.3 is 12.1 Å². The van der Waals surface area contributed by atoms with Crippen molar-refractivity contribution in [1.82, 2.24) is 4.90 Å². The summed E-state index contributed by atoms with van der Waals surface area (Å²) < 4.78 is 10.1. The summed E-state index contributed by atoms with van der Waals surface area (Å²) in [4.78, 5) is 25.4. The Morgan fingerprint density at radius 3 is 2.16 bits per heavy atom. The van der Waals surface area contributed by atoms with Gasteiger partial charge in [-0.05, 0) is 51.3 Å². The quantitative estimate of drug-likeness (QED) is 0.769. The molecule has 1 fully saturated rings. The van der Waals surface area contributed by atoms with Crippen LogP contribution < -0.4 is 0 Å². The highest BCUT2D eigenvalue weighted by atomic mass is 16.6. The third-order valence-electron chi connectivity index (χ3n) is 4.34. The Morgan fingerprint density at radius 1 is 1.16 bits per heavy atom. The Hall–Kier alpha value is -2.55. The molecule has 0 unspecified atom stereocenters. The van der Waals surface area contributed by atoms with Crippen LogP contribution in [0.15, 0.2) is 24.3 Å². The number of esters is 1. The molecule has 0 spiro atoms. The Kier molecular flexibility index (Phi) is 5.36. The summed E-state index contributed by atoms with van der Waals surface area (Å²) in [5.41, 5.74) is 0.106. The number of nitriles is 1. The lowest BCUT2D eigenvalue weighted by Gasteiger charge is -2.38. The van der Waals surface area contributed by atoms with Crippen LogP contribution in [0.4, 0.5) is 4.79 Å². The Balaban J connectivity index is 2.10. The minimum atomic E-state index is -0.660. The van der Waals surface area contributed by atoms with Crippen molar-refractivity contribution in [2.24, 2.45) is 0 Å². The molecule has 25 heavy (non-hydrogen) atoms. The van der Waals surface area contributed by atoms with E-state index in [2.05, 4.69) is 6.07 Å². The molecule has 1 aromatic rings. The van der Waals surface area contributed by atoms with Crippen molar-refractivity contribution >= 4 is 12.1 Å². The first-order valence-electron chi connectivity index (χ1n) is 8.29. The molecular formula is C19H24N2O4. The fourth-order valence-corrected chi connectivity index (χ4v) is 2.91. The van der Waals surface area contributed by atoms with Crippen LogP contribution in [0.2, 0.25) is 0 Å². The summed E-state index contributed by atoms with van der Waals surface area (Å²) in [5.74, 6) is -0.405. The molecule has 6 heteroatoms.